The molecule has 116 valence electrons. The Morgan fingerprint density at radius 1 is 1.05 bits per heavy atom. The number of esters is 2. The average Bonchev–Trinajstić information content (AvgIpc) is 2.53. The molecule has 1 unspecified atom stereocenters. The van der Waals surface area contributed by atoms with E-state index < -0.39 is 17.9 Å². The molecule has 5 heteroatoms. The first-order chi connectivity index (χ1) is 10.5. The minimum atomic E-state index is -0.513. The zero-order valence-corrected chi connectivity index (χ0v) is 12.8. The van der Waals surface area contributed by atoms with Gasteiger partial charge in [-0.05, 0) is 19.4 Å². The van der Waals surface area contributed by atoms with E-state index >= 15 is 0 Å². The SMILES string of the molecule is COC(=O)C1=CNC=C(C(=O)OC(C)C)C1c1ccccc1. The van der Waals surface area contributed by atoms with Crippen LogP contribution in [0.5, 0.6) is 0 Å². The van der Waals surface area contributed by atoms with Gasteiger partial charge in [0.2, 0.25) is 0 Å². The van der Waals surface area contributed by atoms with Crippen molar-refractivity contribution in [3.05, 3.63) is 59.4 Å². The molecular formula is C17H19NO4. The molecule has 0 aliphatic carbocycles. The highest BCUT2D eigenvalue weighted by atomic mass is 16.5. The smallest absolute Gasteiger partial charge is 0.336 e. The summed E-state index contributed by atoms with van der Waals surface area (Å²) in [5.74, 6) is -1.45. The predicted octanol–water partition coefficient (Wildman–Crippen LogP) is 2.27. The van der Waals surface area contributed by atoms with E-state index in [1.54, 1.807) is 26.2 Å². The quantitative estimate of drug-likeness (QED) is 0.864. The molecule has 1 aliphatic rings. The summed E-state index contributed by atoms with van der Waals surface area (Å²) in [6, 6.07) is 9.32. The van der Waals surface area contributed by atoms with Crippen LogP contribution in [0.15, 0.2) is 53.9 Å². The summed E-state index contributed by atoms with van der Waals surface area (Å²) in [5, 5.41) is 2.83. The van der Waals surface area contributed by atoms with E-state index in [0.29, 0.717) is 11.1 Å². The Kier molecular flexibility index (Phi) is 4.99. The Balaban J connectivity index is 2.42. The van der Waals surface area contributed by atoms with E-state index in [1.165, 1.54) is 7.11 Å². The van der Waals surface area contributed by atoms with Crippen molar-refractivity contribution in [1.82, 2.24) is 5.32 Å². The molecule has 1 aromatic rings. The van der Waals surface area contributed by atoms with Gasteiger partial charge in [-0.3, -0.25) is 0 Å². The number of ether oxygens (including phenoxy) is 2. The fraction of sp³-hybridized carbons (Fsp3) is 0.294. The van der Waals surface area contributed by atoms with Crippen LogP contribution in [0.2, 0.25) is 0 Å². The maximum Gasteiger partial charge on any atom is 0.336 e. The minimum Gasteiger partial charge on any atom is -0.466 e. The molecule has 0 bridgehead atoms. The lowest BCUT2D eigenvalue weighted by molar-refractivity contribution is -0.143. The van der Waals surface area contributed by atoms with Gasteiger partial charge in [0, 0.05) is 12.4 Å². The number of carbonyl (C=O) groups excluding carboxylic acids is 2. The van der Waals surface area contributed by atoms with E-state index in [4.69, 9.17) is 9.47 Å². The maximum absolute atomic E-state index is 12.3. The Bertz CT molecular complexity index is 617. The second-order valence-electron chi connectivity index (χ2n) is 5.16. The molecule has 0 radical (unpaired) electrons. The number of nitrogens with one attached hydrogen (secondary N) is 1. The fourth-order valence-electron chi connectivity index (χ4n) is 2.31. The van der Waals surface area contributed by atoms with Crippen LogP contribution >= 0.6 is 0 Å². The second-order valence-corrected chi connectivity index (χ2v) is 5.16. The van der Waals surface area contributed by atoms with Gasteiger partial charge in [-0.2, -0.15) is 0 Å². The third-order valence-corrected chi connectivity index (χ3v) is 3.23. The average molecular weight is 301 g/mol. The van der Waals surface area contributed by atoms with Gasteiger partial charge in [0.05, 0.1) is 30.3 Å². The van der Waals surface area contributed by atoms with E-state index in [1.807, 2.05) is 30.3 Å². The first-order valence-electron chi connectivity index (χ1n) is 7.05. The lowest BCUT2D eigenvalue weighted by atomic mass is 9.84. The van der Waals surface area contributed by atoms with Crippen molar-refractivity contribution in [2.75, 3.05) is 7.11 Å². The molecule has 1 aliphatic heterocycles. The standard InChI is InChI=1S/C17H19NO4/c1-11(2)22-17(20)14-10-18-9-13(16(19)21-3)15(14)12-7-5-4-6-8-12/h4-11,15,18H,1-3H3. The Hall–Kier alpha value is -2.56. The van der Waals surface area contributed by atoms with Gasteiger partial charge in [-0.15, -0.1) is 0 Å². The highest BCUT2D eigenvalue weighted by Gasteiger charge is 2.33. The topological polar surface area (TPSA) is 64.6 Å². The van der Waals surface area contributed by atoms with Crippen LogP contribution in [0.3, 0.4) is 0 Å². The van der Waals surface area contributed by atoms with E-state index in [-0.39, 0.29) is 6.10 Å². The van der Waals surface area contributed by atoms with Gasteiger partial charge in [0.25, 0.3) is 0 Å². The predicted molar refractivity (Wildman–Crippen MR) is 81.7 cm³/mol. The van der Waals surface area contributed by atoms with Crippen LogP contribution in [0.1, 0.15) is 25.3 Å². The van der Waals surface area contributed by atoms with Crippen molar-refractivity contribution in [3.63, 3.8) is 0 Å². The van der Waals surface area contributed by atoms with Gasteiger partial charge < -0.3 is 14.8 Å². The third kappa shape index (κ3) is 3.36. The minimum absolute atomic E-state index is 0.239. The molecule has 0 fully saturated rings. The van der Waals surface area contributed by atoms with Gasteiger partial charge in [-0.25, -0.2) is 9.59 Å². The largest absolute Gasteiger partial charge is 0.466 e. The molecule has 2 rings (SSSR count). The van der Waals surface area contributed by atoms with E-state index in [0.717, 1.165) is 5.56 Å². The fourth-order valence-corrected chi connectivity index (χ4v) is 2.31. The van der Waals surface area contributed by atoms with Crippen molar-refractivity contribution in [3.8, 4) is 0 Å². The van der Waals surface area contributed by atoms with Crippen molar-refractivity contribution in [2.24, 2.45) is 0 Å². The highest BCUT2D eigenvalue weighted by molar-refractivity contribution is 5.98. The lowest BCUT2D eigenvalue weighted by Crippen LogP contribution is -2.27. The first kappa shape index (κ1) is 15.8. The van der Waals surface area contributed by atoms with Gasteiger partial charge in [0.15, 0.2) is 0 Å². The molecule has 5 nitrogen and oxygen atoms in total. The molecule has 1 aromatic carbocycles. The molecule has 0 amide bonds. The molecule has 1 N–H and O–H groups in total. The summed E-state index contributed by atoms with van der Waals surface area (Å²) >= 11 is 0. The molecule has 22 heavy (non-hydrogen) atoms. The number of benzene rings is 1. The monoisotopic (exact) mass is 301 g/mol. The number of hydrogen-bond donors (Lipinski definition) is 1. The van der Waals surface area contributed by atoms with Crippen molar-refractivity contribution < 1.29 is 19.1 Å². The summed E-state index contributed by atoms with van der Waals surface area (Å²) in [6.07, 6.45) is 2.88. The Morgan fingerprint density at radius 2 is 1.64 bits per heavy atom. The molecule has 1 heterocycles. The number of dihydropyridines is 1. The maximum atomic E-state index is 12.3. The number of carbonyl (C=O) groups is 2. The van der Waals surface area contributed by atoms with Crippen molar-refractivity contribution in [2.45, 2.75) is 25.9 Å². The third-order valence-electron chi connectivity index (χ3n) is 3.23. The van der Waals surface area contributed by atoms with Crippen molar-refractivity contribution >= 4 is 11.9 Å². The Labute approximate surface area is 129 Å². The normalized spacial score (nSPS) is 17.2. The number of rotatable bonds is 4. The first-order valence-corrected chi connectivity index (χ1v) is 7.05. The van der Waals surface area contributed by atoms with Gasteiger partial charge >= 0.3 is 11.9 Å². The molecule has 1 atom stereocenters. The van der Waals surface area contributed by atoms with Crippen LogP contribution < -0.4 is 5.32 Å². The summed E-state index contributed by atoms with van der Waals surface area (Å²) in [7, 11) is 1.32. The van der Waals surface area contributed by atoms with Crippen LogP contribution in [0.4, 0.5) is 0 Å². The van der Waals surface area contributed by atoms with Gasteiger partial charge in [0.1, 0.15) is 0 Å². The van der Waals surface area contributed by atoms with Crippen LogP contribution in [-0.4, -0.2) is 25.2 Å². The lowest BCUT2D eigenvalue weighted by Gasteiger charge is -2.25. The Morgan fingerprint density at radius 3 is 2.18 bits per heavy atom. The summed E-state index contributed by atoms with van der Waals surface area (Å²) in [5.41, 5.74) is 1.57. The van der Waals surface area contributed by atoms with E-state index in [2.05, 4.69) is 5.32 Å². The van der Waals surface area contributed by atoms with E-state index in [9.17, 15) is 9.59 Å². The molecule has 0 aromatic heterocycles. The summed E-state index contributed by atoms with van der Waals surface area (Å²) < 4.78 is 10.1. The van der Waals surface area contributed by atoms with Crippen LogP contribution in [-0.2, 0) is 19.1 Å². The molecule has 0 saturated carbocycles. The number of hydrogen-bond acceptors (Lipinski definition) is 5. The van der Waals surface area contributed by atoms with Crippen LogP contribution in [0, 0.1) is 0 Å². The molecule has 0 saturated heterocycles. The summed E-state index contributed by atoms with van der Waals surface area (Å²) in [6.45, 7) is 3.56. The molecule has 0 spiro atoms. The van der Waals surface area contributed by atoms with Crippen LogP contribution in [0.25, 0.3) is 0 Å². The number of methoxy groups -OCH3 is 1. The highest BCUT2D eigenvalue weighted by Crippen LogP contribution is 2.34. The van der Waals surface area contributed by atoms with Crippen molar-refractivity contribution in [1.29, 1.82) is 0 Å². The molecular weight excluding hydrogens is 282 g/mol. The zero-order chi connectivity index (χ0) is 16.1. The van der Waals surface area contributed by atoms with Gasteiger partial charge in [-0.1, -0.05) is 30.3 Å². The second kappa shape index (κ2) is 6.93. The summed E-state index contributed by atoms with van der Waals surface area (Å²) in [4.78, 5) is 24.4. The zero-order valence-electron chi connectivity index (χ0n) is 12.8.